The molecule has 34 heavy (non-hydrogen) atoms. The molecule has 0 saturated carbocycles. The highest BCUT2D eigenvalue weighted by Gasteiger charge is 2.35. The van der Waals surface area contributed by atoms with Crippen molar-refractivity contribution in [3.05, 3.63) is 73.9 Å². The average Bonchev–Trinajstić information content (AvgIpc) is 3.19. The molecule has 1 unspecified atom stereocenters. The normalized spacial score (nSPS) is 15.0. The number of benzene rings is 2. The van der Waals surface area contributed by atoms with E-state index in [9.17, 15) is 20.0 Å². The summed E-state index contributed by atoms with van der Waals surface area (Å²) < 4.78 is 6.66. The van der Waals surface area contributed by atoms with Gasteiger partial charge in [0.25, 0.3) is 0 Å². The Bertz CT molecular complexity index is 1340. The van der Waals surface area contributed by atoms with Gasteiger partial charge in [-0.05, 0) is 37.1 Å². The molecule has 1 atom stereocenters. The number of anilines is 1. The number of fused-ring (bicyclic) bond motifs is 1. The second-order valence-corrected chi connectivity index (χ2v) is 8.86. The number of hydrogen-bond acceptors (Lipinski definition) is 9. The predicted octanol–water partition coefficient (Wildman–Crippen LogP) is 4.72. The van der Waals surface area contributed by atoms with Crippen LogP contribution in [-0.4, -0.2) is 37.7 Å². The number of nitrogens with one attached hydrogen (secondary N) is 1. The number of aromatic hydroxyl groups is 1. The maximum atomic E-state index is 12.6. The van der Waals surface area contributed by atoms with Gasteiger partial charge in [0.15, 0.2) is 11.5 Å². The number of rotatable bonds is 7. The van der Waals surface area contributed by atoms with E-state index in [0.29, 0.717) is 38.7 Å². The number of carbonyl (C=O) groups excluding carboxylic acids is 1. The molecule has 10 nitrogen and oxygen atoms in total. The van der Waals surface area contributed by atoms with E-state index < -0.39 is 22.4 Å². The van der Waals surface area contributed by atoms with Crippen LogP contribution in [0.15, 0.2) is 52.8 Å². The first-order chi connectivity index (χ1) is 16.2. The van der Waals surface area contributed by atoms with Gasteiger partial charge in [-0.25, -0.2) is 4.68 Å². The zero-order chi connectivity index (χ0) is 24.6. The number of thioether (sulfide) groups is 1. The van der Waals surface area contributed by atoms with Crippen molar-refractivity contribution in [1.82, 2.24) is 14.8 Å². The Morgan fingerprint density at radius 3 is 2.76 bits per heavy atom. The van der Waals surface area contributed by atoms with Gasteiger partial charge in [0, 0.05) is 28.1 Å². The third kappa shape index (κ3) is 4.31. The fourth-order valence-electron chi connectivity index (χ4n) is 3.78. The second kappa shape index (κ2) is 9.35. The van der Waals surface area contributed by atoms with Crippen molar-refractivity contribution in [2.75, 3.05) is 12.4 Å². The van der Waals surface area contributed by atoms with Crippen LogP contribution in [0, 0.1) is 10.1 Å². The number of nitro groups is 1. The smallest absolute Gasteiger partial charge is 0.315 e. The standard InChI is InChI=1S/C22H20ClN5O5S/c1-11-18(12(2)29)19(14-8-16(28(31)32)20(30)17(9-14)33-3)27-21(24-11)25-22(26-27)34-10-13-6-4-5-7-15(13)23/h4-9,19,30H,10H2,1-3H3,(H,24,25,26). The molecule has 12 heteroatoms. The van der Waals surface area contributed by atoms with E-state index in [1.807, 2.05) is 18.2 Å². The minimum atomic E-state index is -0.816. The molecule has 0 amide bonds. The van der Waals surface area contributed by atoms with Crippen molar-refractivity contribution >= 4 is 40.8 Å². The number of carbonyl (C=O) groups is 1. The number of ether oxygens (including phenoxy) is 1. The number of hydrogen-bond donors (Lipinski definition) is 2. The van der Waals surface area contributed by atoms with Crippen LogP contribution in [0.4, 0.5) is 11.6 Å². The van der Waals surface area contributed by atoms with Crippen LogP contribution in [0.1, 0.15) is 31.0 Å². The number of halogens is 1. The topological polar surface area (TPSA) is 132 Å². The number of nitro benzene ring substituents is 1. The maximum Gasteiger partial charge on any atom is 0.315 e. The van der Waals surface area contributed by atoms with Crippen LogP contribution in [0.2, 0.25) is 5.02 Å². The van der Waals surface area contributed by atoms with Gasteiger partial charge in [0.05, 0.1) is 12.0 Å². The summed E-state index contributed by atoms with van der Waals surface area (Å²) in [6, 6.07) is 9.31. The number of allylic oxidation sites excluding steroid dienone is 2. The quantitative estimate of drug-likeness (QED) is 0.268. The number of aromatic nitrogens is 3. The first-order valence-electron chi connectivity index (χ1n) is 10.1. The molecule has 1 aromatic heterocycles. The van der Waals surface area contributed by atoms with E-state index in [0.717, 1.165) is 5.56 Å². The monoisotopic (exact) mass is 501 g/mol. The van der Waals surface area contributed by atoms with Gasteiger partial charge in [-0.1, -0.05) is 41.6 Å². The minimum absolute atomic E-state index is 0.0849. The van der Waals surface area contributed by atoms with Gasteiger partial charge in [-0.15, -0.1) is 5.10 Å². The lowest BCUT2D eigenvalue weighted by molar-refractivity contribution is -0.386. The first-order valence-corrected chi connectivity index (χ1v) is 11.4. The van der Waals surface area contributed by atoms with Gasteiger partial charge in [0.2, 0.25) is 16.9 Å². The molecular weight excluding hydrogens is 482 g/mol. The van der Waals surface area contributed by atoms with E-state index in [1.165, 1.54) is 42.6 Å². The molecule has 1 aliphatic rings. The summed E-state index contributed by atoms with van der Waals surface area (Å²) in [6.45, 7) is 3.14. The molecule has 2 aromatic carbocycles. The van der Waals surface area contributed by atoms with Crippen molar-refractivity contribution in [2.45, 2.75) is 30.8 Å². The molecule has 0 aliphatic carbocycles. The Labute approximate surface area is 203 Å². The van der Waals surface area contributed by atoms with E-state index in [2.05, 4.69) is 15.4 Å². The van der Waals surface area contributed by atoms with Crippen LogP contribution in [-0.2, 0) is 10.5 Å². The SMILES string of the molecule is COc1cc(C2C(C(C)=O)=C(C)Nc3nc(SCc4ccccc4Cl)nn32)cc([N+](=O)[O-])c1O. The molecule has 0 fully saturated rings. The van der Waals surface area contributed by atoms with Gasteiger partial charge >= 0.3 is 5.69 Å². The summed E-state index contributed by atoms with van der Waals surface area (Å²) in [6.07, 6.45) is 0. The van der Waals surface area contributed by atoms with E-state index in [1.54, 1.807) is 13.0 Å². The summed E-state index contributed by atoms with van der Waals surface area (Å²) in [5, 5.41) is 30.5. The molecule has 0 radical (unpaired) electrons. The minimum Gasteiger partial charge on any atom is -0.500 e. The molecule has 2 heterocycles. The highest BCUT2D eigenvalue weighted by molar-refractivity contribution is 7.98. The Kier molecular flexibility index (Phi) is 6.49. The van der Waals surface area contributed by atoms with Crippen molar-refractivity contribution in [3.63, 3.8) is 0 Å². The predicted molar refractivity (Wildman–Crippen MR) is 127 cm³/mol. The molecule has 4 rings (SSSR count). The lowest BCUT2D eigenvalue weighted by atomic mass is 9.92. The number of phenols is 1. The average molecular weight is 502 g/mol. The van der Waals surface area contributed by atoms with Crippen molar-refractivity contribution in [2.24, 2.45) is 0 Å². The van der Waals surface area contributed by atoms with Gasteiger partial charge in [-0.3, -0.25) is 14.9 Å². The molecule has 3 aromatic rings. The third-order valence-electron chi connectivity index (χ3n) is 5.34. The van der Waals surface area contributed by atoms with Crippen LogP contribution in [0.25, 0.3) is 0 Å². The zero-order valence-electron chi connectivity index (χ0n) is 18.4. The van der Waals surface area contributed by atoms with Gasteiger partial charge in [0.1, 0.15) is 6.04 Å². The van der Waals surface area contributed by atoms with Crippen LogP contribution >= 0.6 is 23.4 Å². The fraction of sp³-hybridized carbons (Fsp3) is 0.227. The summed E-state index contributed by atoms with van der Waals surface area (Å²) in [5.41, 5.74) is 1.64. The molecule has 1 aliphatic heterocycles. The second-order valence-electron chi connectivity index (χ2n) is 7.51. The first kappa shape index (κ1) is 23.6. The number of phenolic OH excluding ortho intramolecular Hbond substituents is 1. The summed E-state index contributed by atoms with van der Waals surface area (Å²) >= 11 is 7.61. The van der Waals surface area contributed by atoms with E-state index in [-0.39, 0.29) is 11.5 Å². The molecular formula is C22H20ClN5O5S. The fourth-order valence-corrected chi connectivity index (χ4v) is 4.90. The van der Waals surface area contributed by atoms with Gasteiger partial charge in [-0.2, -0.15) is 4.98 Å². The molecule has 0 spiro atoms. The Hall–Kier alpha value is -3.57. The molecule has 176 valence electrons. The third-order valence-corrected chi connectivity index (χ3v) is 6.59. The number of ketones is 1. The highest BCUT2D eigenvalue weighted by Crippen LogP contribution is 2.43. The van der Waals surface area contributed by atoms with Crippen LogP contribution in [0.5, 0.6) is 11.5 Å². The highest BCUT2D eigenvalue weighted by atomic mass is 35.5. The molecule has 0 bridgehead atoms. The summed E-state index contributed by atoms with van der Waals surface area (Å²) in [7, 11) is 1.29. The number of methoxy groups -OCH3 is 1. The number of nitrogens with zero attached hydrogens (tertiary/aromatic N) is 4. The van der Waals surface area contributed by atoms with Crippen molar-refractivity contribution < 1.29 is 19.6 Å². The molecule has 2 N–H and O–H groups in total. The lowest BCUT2D eigenvalue weighted by Crippen LogP contribution is -2.28. The zero-order valence-corrected chi connectivity index (χ0v) is 20.0. The summed E-state index contributed by atoms with van der Waals surface area (Å²) in [5.74, 6) is -0.0125. The van der Waals surface area contributed by atoms with Crippen molar-refractivity contribution in [3.8, 4) is 11.5 Å². The van der Waals surface area contributed by atoms with Crippen molar-refractivity contribution in [1.29, 1.82) is 0 Å². The van der Waals surface area contributed by atoms with Crippen LogP contribution < -0.4 is 10.1 Å². The lowest BCUT2D eigenvalue weighted by Gasteiger charge is -2.28. The Morgan fingerprint density at radius 1 is 1.38 bits per heavy atom. The Morgan fingerprint density at radius 2 is 2.12 bits per heavy atom. The largest absolute Gasteiger partial charge is 0.500 e. The maximum absolute atomic E-state index is 12.6. The van der Waals surface area contributed by atoms with Crippen LogP contribution in [0.3, 0.4) is 0 Å². The Balaban J connectivity index is 1.80. The summed E-state index contributed by atoms with van der Waals surface area (Å²) in [4.78, 5) is 28.0. The van der Waals surface area contributed by atoms with E-state index in [4.69, 9.17) is 16.3 Å². The molecule has 0 saturated heterocycles. The van der Waals surface area contributed by atoms with E-state index >= 15 is 0 Å². The number of Topliss-reactive ketones (excluding diaryl/α,β-unsaturated/α-hetero) is 1. The van der Waals surface area contributed by atoms with Gasteiger partial charge < -0.3 is 15.2 Å².